The molecule has 5 aromatic rings. The monoisotopic (exact) mass is 461 g/mol. The molecular weight excluding hydrogens is 447 g/mol. The number of halogens is 2. The van der Waals surface area contributed by atoms with Gasteiger partial charge in [0.1, 0.15) is 24.5 Å². The number of para-hydroxylation sites is 1. The maximum Gasteiger partial charge on any atom is 0.256 e. The van der Waals surface area contributed by atoms with Crippen LogP contribution in [0.5, 0.6) is 5.75 Å². The number of amides is 1. The number of pyridine rings is 1. The Kier molecular flexibility index (Phi) is 5.17. The van der Waals surface area contributed by atoms with Gasteiger partial charge in [-0.3, -0.25) is 4.79 Å². The largest absolute Gasteiger partial charge is 0.490 e. The van der Waals surface area contributed by atoms with Crippen molar-refractivity contribution in [2.45, 2.75) is 0 Å². The van der Waals surface area contributed by atoms with Crippen LogP contribution in [0.4, 0.5) is 5.82 Å². The highest BCUT2D eigenvalue weighted by atomic mass is 35.5. The van der Waals surface area contributed by atoms with E-state index in [1.54, 1.807) is 36.4 Å². The number of rotatable bonds is 4. The highest BCUT2D eigenvalue weighted by molar-refractivity contribution is 6.39. The summed E-state index contributed by atoms with van der Waals surface area (Å²) in [5, 5.41) is 4.58. The average molecular weight is 462 g/mol. The SMILES string of the molecule is [CH2]Oc1cc(Cl)c(-c2nc3ccc(C(=O)Nc4ccc5ccccc5n4)cc3[nH]2)c(Cl)c1. The van der Waals surface area contributed by atoms with E-state index >= 15 is 0 Å². The smallest absolute Gasteiger partial charge is 0.256 e. The van der Waals surface area contributed by atoms with Crippen molar-refractivity contribution in [3.05, 3.63) is 89.4 Å². The lowest BCUT2D eigenvalue weighted by atomic mass is 10.2. The van der Waals surface area contributed by atoms with Gasteiger partial charge in [-0.25, -0.2) is 9.97 Å². The van der Waals surface area contributed by atoms with Gasteiger partial charge in [0.2, 0.25) is 0 Å². The number of benzene rings is 3. The van der Waals surface area contributed by atoms with Crippen LogP contribution in [0.2, 0.25) is 10.0 Å². The first-order valence-electron chi connectivity index (χ1n) is 9.60. The molecule has 1 radical (unpaired) electrons. The lowest BCUT2D eigenvalue weighted by Crippen LogP contribution is -2.12. The first-order chi connectivity index (χ1) is 15.5. The summed E-state index contributed by atoms with van der Waals surface area (Å²) >= 11 is 12.7. The summed E-state index contributed by atoms with van der Waals surface area (Å²) in [6.45, 7) is 0. The molecule has 0 saturated carbocycles. The van der Waals surface area contributed by atoms with E-state index in [1.807, 2.05) is 30.3 Å². The zero-order chi connectivity index (χ0) is 22.2. The predicted octanol–water partition coefficient (Wildman–Crippen LogP) is 6.51. The van der Waals surface area contributed by atoms with Gasteiger partial charge in [0.15, 0.2) is 0 Å². The molecule has 3 aromatic carbocycles. The van der Waals surface area contributed by atoms with Crippen molar-refractivity contribution < 1.29 is 9.53 Å². The third-order valence-corrected chi connectivity index (χ3v) is 5.60. The van der Waals surface area contributed by atoms with E-state index in [0.717, 1.165) is 10.9 Å². The molecule has 0 unspecified atom stereocenters. The molecule has 0 aliphatic rings. The normalized spacial score (nSPS) is 11.1. The van der Waals surface area contributed by atoms with Crippen LogP contribution in [-0.4, -0.2) is 20.9 Å². The minimum atomic E-state index is -0.279. The predicted molar refractivity (Wildman–Crippen MR) is 127 cm³/mol. The van der Waals surface area contributed by atoms with E-state index in [-0.39, 0.29) is 5.91 Å². The van der Waals surface area contributed by atoms with E-state index in [9.17, 15) is 4.79 Å². The fourth-order valence-corrected chi connectivity index (χ4v) is 4.10. The second-order valence-corrected chi connectivity index (χ2v) is 7.88. The minimum Gasteiger partial charge on any atom is -0.490 e. The number of aromatic nitrogens is 3. The van der Waals surface area contributed by atoms with E-state index in [0.29, 0.717) is 49.6 Å². The highest BCUT2D eigenvalue weighted by Crippen LogP contribution is 2.37. The Morgan fingerprint density at radius 2 is 1.72 bits per heavy atom. The number of hydrogen-bond acceptors (Lipinski definition) is 4. The first kappa shape index (κ1) is 20.3. The maximum atomic E-state index is 12.8. The summed E-state index contributed by atoms with van der Waals surface area (Å²) in [6.07, 6.45) is 0. The summed E-state index contributed by atoms with van der Waals surface area (Å²) < 4.78 is 4.94. The molecule has 0 aliphatic heterocycles. The number of carbonyl (C=O) groups is 1. The Bertz CT molecular complexity index is 1470. The number of fused-ring (bicyclic) bond motifs is 2. The van der Waals surface area contributed by atoms with Gasteiger partial charge in [0.25, 0.3) is 5.91 Å². The van der Waals surface area contributed by atoms with Crippen molar-refractivity contribution in [1.29, 1.82) is 0 Å². The Morgan fingerprint density at radius 3 is 2.50 bits per heavy atom. The molecule has 0 bridgehead atoms. The average Bonchev–Trinajstić information content (AvgIpc) is 3.21. The zero-order valence-corrected chi connectivity index (χ0v) is 18.0. The topological polar surface area (TPSA) is 79.9 Å². The fraction of sp³-hybridized carbons (Fsp3) is 0. The molecule has 0 atom stereocenters. The van der Waals surface area contributed by atoms with E-state index in [1.165, 1.54) is 0 Å². The number of anilines is 1. The third kappa shape index (κ3) is 3.75. The number of ether oxygens (including phenoxy) is 1. The van der Waals surface area contributed by atoms with Crippen LogP contribution >= 0.6 is 23.2 Å². The Labute approximate surface area is 193 Å². The van der Waals surface area contributed by atoms with Crippen molar-refractivity contribution in [3.63, 3.8) is 0 Å². The quantitative estimate of drug-likeness (QED) is 0.319. The number of aromatic amines is 1. The molecule has 2 aromatic heterocycles. The van der Waals surface area contributed by atoms with Crippen LogP contribution in [0.25, 0.3) is 33.3 Å². The van der Waals surface area contributed by atoms with Crippen LogP contribution < -0.4 is 10.1 Å². The molecule has 5 rings (SSSR count). The van der Waals surface area contributed by atoms with Crippen LogP contribution in [0.3, 0.4) is 0 Å². The molecule has 157 valence electrons. The second-order valence-electron chi connectivity index (χ2n) is 7.07. The molecule has 1 amide bonds. The lowest BCUT2D eigenvalue weighted by molar-refractivity contribution is 0.102. The summed E-state index contributed by atoms with van der Waals surface area (Å²) in [5.74, 6) is 1.13. The standard InChI is InChI=1S/C24H15Cl2N4O2/c1-32-15-11-16(25)22(17(26)12-15)23-28-19-8-6-14(10-20(19)29-23)24(31)30-21-9-7-13-4-2-3-5-18(13)27-21/h2-12H,1H2,(H,28,29)(H,27,30,31). The molecule has 0 aliphatic carbocycles. The molecule has 0 spiro atoms. The lowest BCUT2D eigenvalue weighted by Gasteiger charge is -2.07. The summed E-state index contributed by atoms with van der Waals surface area (Å²) in [6, 6.07) is 19.8. The number of carbonyl (C=O) groups excluding carboxylic acids is 1. The molecule has 2 heterocycles. The Morgan fingerprint density at radius 1 is 0.938 bits per heavy atom. The number of imidazole rings is 1. The molecule has 32 heavy (non-hydrogen) atoms. The van der Waals surface area contributed by atoms with Crippen molar-refractivity contribution in [2.24, 2.45) is 0 Å². The van der Waals surface area contributed by atoms with E-state index < -0.39 is 0 Å². The third-order valence-electron chi connectivity index (χ3n) is 5.00. The molecule has 8 heteroatoms. The van der Waals surface area contributed by atoms with Gasteiger partial charge in [-0.15, -0.1) is 0 Å². The minimum absolute atomic E-state index is 0.279. The maximum absolute atomic E-state index is 12.8. The fourth-order valence-electron chi connectivity index (χ4n) is 3.45. The van der Waals surface area contributed by atoms with Crippen molar-refractivity contribution in [2.75, 3.05) is 5.32 Å². The van der Waals surface area contributed by atoms with Gasteiger partial charge < -0.3 is 15.0 Å². The van der Waals surface area contributed by atoms with Gasteiger partial charge in [-0.05, 0) is 48.5 Å². The number of nitrogens with zero attached hydrogens (tertiary/aromatic N) is 2. The van der Waals surface area contributed by atoms with Gasteiger partial charge in [0, 0.05) is 10.9 Å². The van der Waals surface area contributed by atoms with Crippen molar-refractivity contribution in [3.8, 4) is 17.1 Å². The second kappa shape index (κ2) is 8.15. The number of H-pyrrole nitrogens is 1. The van der Waals surface area contributed by atoms with E-state index in [2.05, 4.69) is 27.4 Å². The molecule has 0 saturated heterocycles. The first-order valence-corrected chi connectivity index (χ1v) is 10.4. The summed E-state index contributed by atoms with van der Waals surface area (Å²) in [7, 11) is 3.36. The Balaban J connectivity index is 1.45. The van der Waals surface area contributed by atoms with Crippen LogP contribution in [-0.2, 0) is 0 Å². The van der Waals surface area contributed by atoms with Crippen molar-refractivity contribution >= 4 is 56.9 Å². The number of nitrogens with one attached hydrogen (secondary N) is 2. The van der Waals surface area contributed by atoms with Gasteiger partial charge in [-0.1, -0.05) is 41.4 Å². The zero-order valence-electron chi connectivity index (χ0n) is 16.5. The molecule has 2 N–H and O–H groups in total. The Hall–Kier alpha value is -3.61. The van der Waals surface area contributed by atoms with Gasteiger partial charge >= 0.3 is 0 Å². The van der Waals surface area contributed by atoms with E-state index in [4.69, 9.17) is 27.9 Å². The van der Waals surface area contributed by atoms with Gasteiger partial charge in [0.05, 0.1) is 32.2 Å². The number of hydrogen-bond donors (Lipinski definition) is 2. The summed E-state index contributed by atoms with van der Waals surface area (Å²) in [4.78, 5) is 25.0. The molecule has 6 nitrogen and oxygen atoms in total. The van der Waals surface area contributed by atoms with Crippen LogP contribution in [0.1, 0.15) is 10.4 Å². The highest BCUT2D eigenvalue weighted by Gasteiger charge is 2.16. The molecule has 0 fully saturated rings. The van der Waals surface area contributed by atoms with Crippen molar-refractivity contribution in [1.82, 2.24) is 15.0 Å². The van der Waals surface area contributed by atoms with Crippen LogP contribution in [0, 0.1) is 7.11 Å². The van der Waals surface area contributed by atoms with Crippen LogP contribution in [0.15, 0.2) is 66.7 Å². The van der Waals surface area contributed by atoms with Gasteiger partial charge in [-0.2, -0.15) is 0 Å². The summed E-state index contributed by atoms with van der Waals surface area (Å²) in [5.41, 5.74) is 3.15. The molecular formula is C24H15Cl2N4O2.